The van der Waals surface area contributed by atoms with Crippen molar-refractivity contribution in [2.75, 3.05) is 40.9 Å². The molecule has 0 fully saturated rings. The molecule has 3 atom stereocenters. The summed E-state index contributed by atoms with van der Waals surface area (Å²) in [6.45, 7) is 4.73. The van der Waals surface area contributed by atoms with Crippen molar-refractivity contribution in [1.82, 2.24) is 5.32 Å². The molecule has 530 valence electrons. The molecule has 8 nitrogen and oxygen atoms in total. The Labute approximate surface area is 570 Å². The van der Waals surface area contributed by atoms with Crippen LogP contribution < -0.4 is 5.32 Å². The van der Waals surface area contributed by atoms with E-state index in [2.05, 4.69) is 141 Å². The molecular weight excluding hydrogens is 1150 g/mol. The molecule has 0 aromatic heterocycles. The molecule has 0 aliphatic heterocycles. The number of phosphoric ester groups is 1. The molecule has 0 aromatic carbocycles. The van der Waals surface area contributed by atoms with E-state index in [0.717, 1.165) is 109 Å². The van der Waals surface area contributed by atoms with Crippen LogP contribution in [-0.4, -0.2) is 73.4 Å². The molecule has 0 bridgehead atoms. The summed E-state index contributed by atoms with van der Waals surface area (Å²) in [6, 6.07) is -0.860. The van der Waals surface area contributed by atoms with Gasteiger partial charge in [0.1, 0.15) is 13.2 Å². The summed E-state index contributed by atoms with van der Waals surface area (Å²) in [6.07, 6.45) is 109. The van der Waals surface area contributed by atoms with Crippen LogP contribution in [0.15, 0.2) is 134 Å². The van der Waals surface area contributed by atoms with Gasteiger partial charge in [-0.2, -0.15) is 0 Å². The molecule has 9 heteroatoms. The quantitative estimate of drug-likeness (QED) is 0.0243. The van der Waals surface area contributed by atoms with Gasteiger partial charge in [-0.15, -0.1) is 0 Å². The molecule has 0 rings (SSSR count). The van der Waals surface area contributed by atoms with Gasteiger partial charge in [-0.3, -0.25) is 13.8 Å². The van der Waals surface area contributed by atoms with E-state index >= 15 is 0 Å². The van der Waals surface area contributed by atoms with Crippen LogP contribution in [0.1, 0.15) is 335 Å². The number of rotatable bonds is 70. The van der Waals surface area contributed by atoms with Crippen molar-refractivity contribution in [2.24, 2.45) is 0 Å². The van der Waals surface area contributed by atoms with E-state index in [4.69, 9.17) is 9.05 Å². The highest BCUT2D eigenvalue weighted by molar-refractivity contribution is 7.47. The van der Waals surface area contributed by atoms with Crippen molar-refractivity contribution >= 4 is 13.7 Å². The number of hydrogen-bond acceptors (Lipinski definition) is 5. The Morgan fingerprint density at radius 2 is 0.652 bits per heavy atom. The number of carbonyl (C=O) groups excluding carboxylic acids is 1. The maximum absolute atomic E-state index is 13.1. The van der Waals surface area contributed by atoms with E-state index < -0.39 is 20.0 Å². The average molecular weight is 1300 g/mol. The van der Waals surface area contributed by atoms with Crippen molar-refractivity contribution in [2.45, 2.75) is 347 Å². The molecule has 0 spiro atoms. The number of likely N-dealkylation sites (N-methyl/N-ethyl adjacent to an activating group) is 1. The Morgan fingerprint density at radius 3 is 0.957 bits per heavy atom. The standard InChI is InChI=1S/C83H147N2O6P/c1-6-8-10-12-14-16-18-20-22-24-26-28-30-32-34-36-37-38-39-40-41-42-43-44-45-46-47-49-51-53-55-57-59-61-63-65-67-69-71-73-75-77-83(87)84-81(80-91-92(88,89)90-79-78-85(3,4)5)82(86)76-74-72-70-68-66-64-62-60-58-56-54-52-50-48-35-33-31-29-27-25-23-21-19-17-15-13-11-9-7-2/h8,10,14,16,20,22,26,28,32,34,37-38,40-41,43-44,46-47,51,53,74,76,81-82,86H,6-7,9,11-13,15,17-19,21,23-25,27,29-31,33,35-36,39,42,45,48-50,52,54-73,75,77-80H2,1-5H3,(H-,84,87,88,89)/p+1/b10-8-,16-14-,22-20-,28-26-,34-32-,38-37-,41-40-,44-43-,47-46-,53-51-,76-74+. The van der Waals surface area contributed by atoms with Crippen LogP contribution in [0, 0.1) is 0 Å². The lowest BCUT2D eigenvalue weighted by molar-refractivity contribution is -0.870. The lowest BCUT2D eigenvalue weighted by atomic mass is 10.0. The molecule has 3 unspecified atom stereocenters. The molecule has 0 saturated heterocycles. The topological polar surface area (TPSA) is 105 Å². The van der Waals surface area contributed by atoms with Crippen LogP contribution in [0.3, 0.4) is 0 Å². The van der Waals surface area contributed by atoms with Crippen molar-refractivity contribution in [3.05, 3.63) is 134 Å². The number of nitrogens with one attached hydrogen (secondary N) is 1. The van der Waals surface area contributed by atoms with Crippen LogP contribution in [0.5, 0.6) is 0 Å². The van der Waals surface area contributed by atoms with E-state index in [9.17, 15) is 19.4 Å². The Hall–Kier alpha value is -3.36. The highest BCUT2D eigenvalue weighted by Crippen LogP contribution is 2.43. The minimum Gasteiger partial charge on any atom is -0.387 e. The fourth-order valence-corrected chi connectivity index (χ4v) is 11.7. The third kappa shape index (κ3) is 74.0. The average Bonchev–Trinajstić information content (AvgIpc) is 2.63. The highest BCUT2D eigenvalue weighted by Gasteiger charge is 2.28. The first-order valence-electron chi connectivity index (χ1n) is 38.6. The summed E-state index contributed by atoms with van der Waals surface area (Å²) in [7, 11) is 1.56. The fraction of sp³-hybridized carbons (Fsp3) is 0.723. The van der Waals surface area contributed by atoms with Gasteiger partial charge in [0, 0.05) is 6.42 Å². The maximum Gasteiger partial charge on any atom is 0.472 e. The van der Waals surface area contributed by atoms with Gasteiger partial charge in [0.2, 0.25) is 5.91 Å². The third-order valence-corrected chi connectivity index (χ3v) is 17.9. The first kappa shape index (κ1) is 88.6. The molecular formula is C83H148N2O6P+. The van der Waals surface area contributed by atoms with E-state index in [1.165, 1.54) is 205 Å². The second kappa shape index (κ2) is 71.9. The molecule has 1 amide bonds. The van der Waals surface area contributed by atoms with E-state index in [0.29, 0.717) is 17.4 Å². The van der Waals surface area contributed by atoms with Gasteiger partial charge in [-0.25, -0.2) is 4.57 Å². The fourth-order valence-electron chi connectivity index (χ4n) is 11.0. The molecule has 0 saturated carbocycles. The van der Waals surface area contributed by atoms with Gasteiger partial charge in [0.15, 0.2) is 0 Å². The van der Waals surface area contributed by atoms with Gasteiger partial charge in [0.05, 0.1) is 39.9 Å². The number of hydrogen-bond donors (Lipinski definition) is 3. The lowest BCUT2D eigenvalue weighted by Gasteiger charge is -2.25. The molecule has 0 aromatic rings. The van der Waals surface area contributed by atoms with Gasteiger partial charge in [-0.05, 0) is 96.3 Å². The maximum atomic E-state index is 13.1. The molecule has 92 heavy (non-hydrogen) atoms. The molecule has 0 heterocycles. The summed E-state index contributed by atoms with van der Waals surface area (Å²) in [5, 5.41) is 14.0. The predicted octanol–water partition coefficient (Wildman–Crippen LogP) is 25.3. The summed E-state index contributed by atoms with van der Waals surface area (Å²) in [5.74, 6) is -0.183. The van der Waals surface area contributed by atoms with Crippen LogP contribution in [-0.2, 0) is 18.4 Å². The summed E-state index contributed by atoms with van der Waals surface area (Å²) in [5.41, 5.74) is 0. The van der Waals surface area contributed by atoms with Crippen molar-refractivity contribution in [1.29, 1.82) is 0 Å². The molecule has 0 aliphatic rings. The monoisotopic (exact) mass is 1300 g/mol. The SMILES string of the molecule is CC/C=C\C/C=C\C/C=C\C/C=C\C/C=C\C/C=C\C/C=C\C/C=C\C/C=C\C/C=C\CCCCCCCCCCCCC(=O)NC(COP(=O)(O)OCC[N+](C)(C)C)C(O)/C=C/CCCCCCCCCCCCCCCCCCCCCCCCCCCCC. The number of carbonyl (C=O) groups is 1. The van der Waals surface area contributed by atoms with Gasteiger partial charge in [-0.1, -0.05) is 366 Å². The number of aliphatic hydroxyl groups is 1. The molecule has 0 radical (unpaired) electrons. The van der Waals surface area contributed by atoms with E-state index in [1.54, 1.807) is 6.08 Å². The zero-order chi connectivity index (χ0) is 66.9. The number of nitrogens with zero attached hydrogens (tertiary/aromatic N) is 1. The van der Waals surface area contributed by atoms with Crippen LogP contribution in [0.4, 0.5) is 0 Å². The second-order valence-corrected chi connectivity index (χ2v) is 28.5. The zero-order valence-electron chi connectivity index (χ0n) is 60.8. The van der Waals surface area contributed by atoms with Crippen LogP contribution >= 0.6 is 7.82 Å². The second-order valence-electron chi connectivity index (χ2n) is 27.0. The first-order valence-corrected chi connectivity index (χ1v) is 40.1. The zero-order valence-corrected chi connectivity index (χ0v) is 61.6. The minimum atomic E-state index is -4.37. The normalized spacial score (nSPS) is 14.3. The van der Waals surface area contributed by atoms with Crippen molar-refractivity contribution < 1.29 is 32.9 Å². The number of unbranched alkanes of at least 4 members (excludes halogenated alkanes) is 37. The van der Waals surface area contributed by atoms with Gasteiger partial charge < -0.3 is 19.8 Å². The number of phosphoric acid groups is 1. The van der Waals surface area contributed by atoms with Gasteiger partial charge >= 0.3 is 7.82 Å². The van der Waals surface area contributed by atoms with E-state index in [1.807, 2.05) is 27.2 Å². The lowest BCUT2D eigenvalue weighted by Crippen LogP contribution is -2.45. The number of amides is 1. The number of aliphatic hydroxyl groups excluding tert-OH is 1. The molecule has 0 aliphatic carbocycles. The smallest absolute Gasteiger partial charge is 0.387 e. The Kier molecular flexibility index (Phi) is 69.3. The Balaban J connectivity index is 4.08. The minimum absolute atomic E-state index is 0.0557. The van der Waals surface area contributed by atoms with Crippen molar-refractivity contribution in [3.8, 4) is 0 Å². The summed E-state index contributed by atoms with van der Waals surface area (Å²) >= 11 is 0. The largest absolute Gasteiger partial charge is 0.472 e. The Morgan fingerprint density at radius 1 is 0.380 bits per heavy atom. The predicted molar refractivity (Wildman–Crippen MR) is 405 cm³/mol. The van der Waals surface area contributed by atoms with Gasteiger partial charge in [0.25, 0.3) is 0 Å². The first-order chi connectivity index (χ1) is 45.0. The van der Waals surface area contributed by atoms with Crippen molar-refractivity contribution in [3.63, 3.8) is 0 Å². The van der Waals surface area contributed by atoms with Crippen LogP contribution in [0.2, 0.25) is 0 Å². The third-order valence-electron chi connectivity index (χ3n) is 16.9. The summed E-state index contributed by atoms with van der Waals surface area (Å²) in [4.78, 5) is 23.5. The van der Waals surface area contributed by atoms with E-state index in [-0.39, 0.29) is 19.1 Å². The Bertz CT molecular complexity index is 1970. The van der Waals surface area contributed by atoms with Crippen LogP contribution in [0.25, 0.3) is 0 Å². The number of quaternary nitrogens is 1. The highest BCUT2D eigenvalue weighted by atomic mass is 31.2. The molecule has 3 N–H and O–H groups in total. The summed E-state index contributed by atoms with van der Waals surface area (Å²) < 4.78 is 23.9. The number of allylic oxidation sites excluding steroid dienone is 21.